The minimum Gasteiger partial charge on any atom is -0.367 e. The number of piperidine rings is 1. The summed E-state index contributed by atoms with van der Waals surface area (Å²) in [5.41, 5.74) is 0.579. The molecule has 0 aromatic carbocycles. The quantitative estimate of drug-likeness (QED) is 0.486. The molecule has 1 aromatic heterocycles. The van der Waals surface area contributed by atoms with E-state index in [0.717, 1.165) is 64.2 Å². The molecule has 2 saturated carbocycles. The lowest BCUT2D eigenvalue weighted by molar-refractivity contribution is 0.0892. The van der Waals surface area contributed by atoms with E-state index in [4.69, 9.17) is 4.98 Å². The van der Waals surface area contributed by atoms with Gasteiger partial charge < -0.3 is 20.9 Å². The van der Waals surface area contributed by atoms with Crippen LogP contribution in [0.4, 0.5) is 11.8 Å². The van der Waals surface area contributed by atoms with Gasteiger partial charge in [-0.3, -0.25) is 4.79 Å². The average Bonchev–Trinajstić information content (AvgIpc) is 3.36. The lowest BCUT2D eigenvalue weighted by Gasteiger charge is -2.36. The van der Waals surface area contributed by atoms with E-state index in [1.54, 1.807) is 6.20 Å². The predicted octanol–water partition coefficient (Wildman–Crippen LogP) is 4.57. The molecule has 3 fully saturated rings. The molecule has 3 N–H and O–H groups in total. The Labute approximate surface area is 193 Å². The number of carbonyl (C=O) groups excluding carboxylic acids is 1. The number of hydrogen-bond donors (Lipinski definition) is 3. The number of hydrogen-bond acceptors (Lipinski definition) is 6. The summed E-state index contributed by atoms with van der Waals surface area (Å²) in [7, 11) is 0. The fourth-order valence-electron chi connectivity index (χ4n) is 5.50. The second kappa shape index (κ2) is 11.8. The van der Waals surface area contributed by atoms with Crippen molar-refractivity contribution in [3.8, 4) is 0 Å². The third kappa shape index (κ3) is 6.33. The summed E-state index contributed by atoms with van der Waals surface area (Å²) in [6.45, 7) is 5.22. The molecule has 7 nitrogen and oxygen atoms in total. The molecular weight excluding hydrogens is 400 g/mol. The lowest BCUT2D eigenvalue weighted by Crippen LogP contribution is -2.47. The molecule has 1 amide bonds. The van der Waals surface area contributed by atoms with Crippen LogP contribution >= 0.6 is 0 Å². The monoisotopic (exact) mass is 442 g/mol. The maximum atomic E-state index is 13.2. The molecule has 32 heavy (non-hydrogen) atoms. The van der Waals surface area contributed by atoms with E-state index in [1.807, 2.05) is 0 Å². The molecule has 1 saturated heterocycles. The van der Waals surface area contributed by atoms with Gasteiger partial charge in [-0.15, -0.1) is 0 Å². The van der Waals surface area contributed by atoms with Crippen molar-refractivity contribution in [2.24, 2.45) is 0 Å². The zero-order valence-corrected chi connectivity index (χ0v) is 19.9. The average molecular weight is 443 g/mol. The first-order valence-corrected chi connectivity index (χ1v) is 13.1. The molecule has 178 valence electrons. The van der Waals surface area contributed by atoms with Crippen LogP contribution < -0.4 is 16.0 Å². The van der Waals surface area contributed by atoms with Crippen LogP contribution in [0, 0.1) is 0 Å². The Kier molecular flexibility index (Phi) is 8.60. The minimum atomic E-state index is -0.0391. The van der Waals surface area contributed by atoms with E-state index in [-0.39, 0.29) is 11.9 Å². The van der Waals surface area contributed by atoms with Crippen molar-refractivity contribution in [3.05, 3.63) is 11.8 Å². The maximum absolute atomic E-state index is 13.2. The maximum Gasteiger partial charge on any atom is 0.256 e. The predicted molar refractivity (Wildman–Crippen MR) is 130 cm³/mol. The normalized spacial score (nSPS) is 21.5. The molecule has 7 heteroatoms. The van der Waals surface area contributed by atoms with Gasteiger partial charge in [0, 0.05) is 44.0 Å². The molecule has 1 aliphatic heterocycles. The Morgan fingerprint density at radius 3 is 2.44 bits per heavy atom. The number of unbranched alkanes of at least 4 members (excludes halogenated alkanes) is 1. The van der Waals surface area contributed by atoms with Crippen LogP contribution in [0.2, 0.25) is 0 Å². The third-order valence-corrected chi connectivity index (χ3v) is 7.50. The number of nitrogens with zero attached hydrogens (tertiary/aromatic N) is 3. The summed E-state index contributed by atoms with van der Waals surface area (Å²) < 4.78 is 0. The van der Waals surface area contributed by atoms with Crippen LogP contribution in [0.5, 0.6) is 0 Å². The molecule has 0 bridgehead atoms. The third-order valence-electron chi connectivity index (χ3n) is 7.50. The fourth-order valence-corrected chi connectivity index (χ4v) is 5.50. The van der Waals surface area contributed by atoms with E-state index >= 15 is 0 Å². The van der Waals surface area contributed by atoms with E-state index in [0.29, 0.717) is 23.4 Å². The van der Waals surface area contributed by atoms with Crippen molar-refractivity contribution in [3.63, 3.8) is 0 Å². The standard InChI is InChI=1S/C25H42N6O/c1-2-3-15-26-25-27-18-22(23(30-25)28-19-9-5-4-6-10-19)24(32)29-20-13-16-31(17-14-20)21-11-7-8-12-21/h18-21H,2-17H2,1H3,(H,29,32)(H2,26,27,28,30). The second-order valence-corrected chi connectivity index (χ2v) is 9.94. The largest absolute Gasteiger partial charge is 0.367 e. The number of anilines is 2. The van der Waals surface area contributed by atoms with E-state index in [9.17, 15) is 4.79 Å². The van der Waals surface area contributed by atoms with Crippen molar-refractivity contribution in [1.29, 1.82) is 0 Å². The van der Waals surface area contributed by atoms with Gasteiger partial charge in [0.25, 0.3) is 5.91 Å². The van der Waals surface area contributed by atoms with E-state index in [2.05, 4.69) is 32.8 Å². The van der Waals surface area contributed by atoms with Gasteiger partial charge in [-0.2, -0.15) is 4.98 Å². The van der Waals surface area contributed by atoms with Crippen LogP contribution in [0.1, 0.15) is 101 Å². The molecule has 4 rings (SSSR count). The van der Waals surface area contributed by atoms with E-state index in [1.165, 1.54) is 44.9 Å². The molecule has 0 radical (unpaired) electrons. The molecule has 3 aliphatic rings. The number of rotatable bonds is 9. The molecular formula is C25H42N6O. The number of carbonyl (C=O) groups is 1. The van der Waals surface area contributed by atoms with Crippen LogP contribution in [0.25, 0.3) is 0 Å². The zero-order chi connectivity index (χ0) is 22.2. The Hall–Kier alpha value is -1.89. The zero-order valence-electron chi connectivity index (χ0n) is 19.9. The molecule has 1 aromatic rings. The van der Waals surface area contributed by atoms with Gasteiger partial charge in [0.05, 0.1) is 0 Å². The summed E-state index contributed by atoms with van der Waals surface area (Å²) in [5.74, 6) is 1.26. The summed E-state index contributed by atoms with van der Waals surface area (Å²) in [6, 6.07) is 1.41. The van der Waals surface area contributed by atoms with E-state index < -0.39 is 0 Å². The SMILES string of the molecule is CCCCNc1ncc(C(=O)NC2CCN(C3CCCC3)CC2)c(NC2CCCCC2)n1. The van der Waals surface area contributed by atoms with Crippen molar-refractivity contribution >= 4 is 17.7 Å². The molecule has 0 atom stereocenters. The number of aromatic nitrogens is 2. The van der Waals surface area contributed by atoms with Gasteiger partial charge in [-0.1, -0.05) is 45.4 Å². The van der Waals surface area contributed by atoms with Crippen LogP contribution in [0.3, 0.4) is 0 Å². The van der Waals surface area contributed by atoms with Crippen LogP contribution in [0.15, 0.2) is 6.20 Å². The van der Waals surface area contributed by atoms with Crippen molar-refractivity contribution in [2.45, 2.75) is 109 Å². The van der Waals surface area contributed by atoms with Gasteiger partial charge in [0.1, 0.15) is 11.4 Å². The first-order valence-electron chi connectivity index (χ1n) is 13.1. The number of amides is 1. The summed E-state index contributed by atoms with van der Waals surface area (Å²) in [6.07, 6.45) is 17.5. The van der Waals surface area contributed by atoms with Gasteiger partial charge in [-0.25, -0.2) is 4.98 Å². The topological polar surface area (TPSA) is 82.2 Å². The highest BCUT2D eigenvalue weighted by molar-refractivity contribution is 5.98. The Morgan fingerprint density at radius 2 is 1.72 bits per heavy atom. The summed E-state index contributed by atoms with van der Waals surface area (Å²) in [4.78, 5) is 25.0. The Bertz CT molecular complexity index is 721. The summed E-state index contributed by atoms with van der Waals surface area (Å²) >= 11 is 0. The Morgan fingerprint density at radius 1 is 1.00 bits per heavy atom. The first kappa shape index (κ1) is 23.3. The molecule has 2 aliphatic carbocycles. The van der Waals surface area contributed by atoms with Crippen molar-refractivity contribution in [1.82, 2.24) is 20.2 Å². The lowest BCUT2D eigenvalue weighted by atomic mass is 9.95. The van der Waals surface area contributed by atoms with Crippen molar-refractivity contribution in [2.75, 3.05) is 30.3 Å². The summed E-state index contributed by atoms with van der Waals surface area (Å²) in [5, 5.41) is 10.2. The highest BCUT2D eigenvalue weighted by Crippen LogP contribution is 2.27. The molecule has 0 spiro atoms. The highest BCUT2D eigenvalue weighted by Gasteiger charge is 2.28. The fraction of sp³-hybridized carbons (Fsp3) is 0.800. The van der Waals surface area contributed by atoms with Crippen molar-refractivity contribution < 1.29 is 4.79 Å². The smallest absolute Gasteiger partial charge is 0.256 e. The van der Waals surface area contributed by atoms with Crippen LogP contribution in [-0.2, 0) is 0 Å². The molecule has 2 heterocycles. The van der Waals surface area contributed by atoms with Gasteiger partial charge >= 0.3 is 0 Å². The number of nitrogens with one attached hydrogen (secondary N) is 3. The van der Waals surface area contributed by atoms with Gasteiger partial charge in [0.2, 0.25) is 5.95 Å². The van der Waals surface area contributed by atoms with Gasteiger partial charge in [0.15, 0.2) is 0 Å². The number of likely N-dealkylation sites (tertiary alicyclic amines) is 1. The highest BCUT2D eigenvalue weighted by atomic mass is 16.1. The minimum absolute atomic E-state index is 0.0391. The van der Waals surface area contributed by atoms with Crippen LogP contribution in [-0.4, -0.2) is 58.5 Å². The second-order valence-electron chi connectivity index (χ2n) is 9.94. The molecule has 0 unspecified atom stereocenters. The van der Waals surface area contributed by atoms with Gasteiger partial charge in [-0.05, 0) is 44.9 Å². The first-order chi connectivity index (χ1) is 15.7. The Balaban J connectivity index is 1.38.